The molecule has 0 atom stereocenters. The summed E-state index contributed by atoms with van der Waals surface area (Å²) in [4.78, 5) is 0.0122. The van der Waals surface area contributed by atoms with Crippen molar-refractivity contribution >= 4 is 33.3 Å². The number of hydrogen-bond acceptors (Lipinski definition) is 3. The number of benzene rings is 1. The largest absolute Gasteiger partial charge is 0.383 e. The molecule has 3 nitrogen and oxygen atoms in total. The Hall–Kier alpha value is -0.710. The van der Waals surface area contributed by atoms with Crippen LogP contribution in [-0.2, 0) is 14.3 Å². The standard InChI is InChI=1S/C9H8Cl2O3S/c1-7(6-10)14-15(12,13)9-4-2-8(11)3-5-9/h2-5H,1,6H2. The first-order valence-corrected chi connectivity index (χ1v) is 6.21. The molecule has 1 aromatic rings. The van der Waals surface area contributed by atoms with Crippen LogP contribution in [0.3, 0.4) is 0 Å². The van der Waals surface area contributed by atoms with Gasteiger partial charge in [0.25, 0.3) is 0 Å². The first kappa shape index (κ1) is 12.4. The third-order valence-electron chi connectivity index (χ3n) is 1.48. The summed E-state index contributed by atoms with van der Waals surface area (Å²) < 4.78 is 27.7. The minimum absolute atomic E-state index is 0.0122. The average Bonchev–Trinajstić information content (AvgIpc) is 2.17. The highest BCUT2D eigenvalue weighted by Crippen LogP contribution is 2.18. The SMILES string of the molecule is C=C(CCl)OS(=O)(=O)c1ccc(Cl)cc1. The van der Waals surface area contributed by atoms with E-state index in [0.717, 1.165) is 0 Å². The lowest BCUT2D eigenvalue weighted by atomic mass is 10.4. The van der Waals surface area contributed by atoms with Crippen molar-refractivity contribution in [1.82, 2.24) is 0 Å². The van der Waals surface area contributed by atoms with Crippen molar-refractivity contribution in [2.24, 2.45) is 0 Å². The minimum atomic E-state index is -3.83. The minimum Gasteiger partial charge on any atom is -0.383 e. The van der Waals surface area contributed by atoms with Crippen molar-refractivity contribution in [3.05, 3.63) is 41.6 Å². The fourth-order valence-electron chi connectivity index (χ4n) is 0.827. The lowest BCUT2D eigenvalue weighted by Gasteiger charge is -2.06. The molecule has 0 fully saturated rings. The van der Waals surface area contributed by atoms with Crippen LogP contribution in [0.25, 0.3) is 0 Å². The van der Waals surface area contributed by atoms with Gasteiger partial charge in [-0.05, 0) is 24.3 Å². The van der Waals surface area contributed by atoms with Crippen molar-refractivity contribution in [2.45, 2.75) is 4.90 Å². The maximum Gasteiger partial charge on any atom is 0.338 e. The molecule has 0 saturated heterocycles. The van der Waals surface area contributed by atoms with Crippen LogP contribution in [0.2, 0.25) is 5.02 Å². The second-order valence-corrected chi connectivity index (χ2v) is 4.91. The number of hydrogen-bond donors (Lipinski definition) is 0. The third-order valence-corrected chi connectivity index (χ3v) is 3.33. The molecule has 0 amide bonds. The van der Waals surface area contributed by atoms with Gasteiger partial charge in [-0.15, -0.1) is 11.6 Å². The van der Waals surface area contributed by atoms with Gasteiger partial charge in [-0.3, -0.25) is 0 Å². The molecule has 0 spiro atoms. The monoisotopic (exact) mass is 266 g/mol. The van der Waals surface area contributed by atoms with Crippen molar-refractivity contribution in [1.29, 1.82) is 0 Å². The van der Waals surface area contributed by atoms with Crippen LogP contribution >= 0.6 is 23.2 Å². The molecule has 0 heterocycles. The van der Waals surface area contributed by atoms with Crippen molar-refractivity contribution in [2.75, 3.05) is 5.88 Å². The van der Waals surface area contributed by atoms with Crippen LogP contribution in [0, 0.1) is 0 Å². The molecule has 0 aliphatic heterocycles. The Morgan fingerprint density at radius 2 is 1.87 bits per heavy atom. The summed E-state index contributed by atoms with van der Waals surface area (Å²) in [6.45, 7) is 3.34. The van der Waals surface area contributed by atoms with Crippen molar-refractivity contribution in [3.63, 3.8) is 0 Å². The molecule has 0 bridgehead atoms. The van der Waals surface area contributed by atoms with Gasteiger partial charge in [-0.25, -0.2) is 0 Å². The van der Waals surface area contributed by atoms with E-state index in [0.29, 0.717) is 5.02 Å². The number of alkyl halides is 1. The summed E-state index contributed by atoms with van der Waals surface area (Å²) in [5.74, 6) is -0.0982. The Labute approximate surface area is 98.4 Å². The van der Waals surface area contributed by atoms with E-state index in [1.807, 2.05) is 0 Å². The van der Waals surface area contributed by atoms with E-state index in [1.165, 1.54) is 24.3 Å². The number of halogens is 2. The van der Waals surface area contributed by atoms with Gasteiger partial charge in [0, 0.05) is 5.02 Å². The van der Waals surface area contributed by atoms with E-state index in [-0.39, 0.29) is 16.5 Å². The zero-order valence-electron chi connectivity index (χ0n) is 7.61. The Bertz CT molecular complexity index is 451. The highest BCUT2D eigenvalue weighted by Gasteiger charge is 2.16. The Morgan fingerprint density at radius 3 is 2.33 bits per heavy atom. The van der Waals surface area contributed by atoms with E-state index in [4.69, 9.17) is 23.2 Å². The first-order chi connectivity index (χ1) is 6.95. The van der Waals surface area contributed by atoms with Crippen molar-refractivity contribution < 1.29 is 12.6 Å². The quantitative estimate of drug-likeness (QED) is 0.478. The lowest BCUT2D eigenvalue weighted by Crippen LogP contribution is -2.06. The predicted octanol–water partition coefficient (Wildman–Crippen LogP) is 2.80. The molecule has 0 aliphatic carbocycles. The van der Waals surface area contributed by atoms with Gasteiger partial charge < -0.3 is 4.18 Å². The predicted molar refractivity (Wildman–Crippen MR) is 59.6 cm³/mol. The van der Waals surface area contributed by atoms with Crippen molar-refractivity contribution in [3.8, 4) is 0 Å². The summed E-state index contributed by atoms with van der Waals surface area (Å²) in [6, 6.07) is 5.61. The van der Waals surface area contributed by atoms with Crippen LogP contribution in [-0.4, -0.2) is 14.3 Å². The lowest BCUT2D eigenvalue weighted by molar-refractivity contribution is 0.411. The molecular weight excluding hydrogens is 259 g/mol. The molecule has 0 N–H and O–H groups in total. The number of rotatable bonds is 4. The smallest absolute Gasteiger partial charge is 0.338 e. The molecule has 0 radical (unpaired) electrons. The molecule has 15 heavy (non-hydrogen) atoms. The average molecular weight is 267 g/mol. The van der Waals surface area contributed by atoms with E-state index in [9.17, 15) is 8.42 Å². The maximum absolute atomic E-state index is 11.5. The third kappa shape index (κ3) is 3.41. The van der Waals surface area contributed by atoms with E-state index in [1.54, 1.807) is 0 Å². The van der Waals surface area contributed by atoms with Crippen LogP contribution in [0.15, 0.2) is 41.5 Å². The first-order valence-electron chi connectivity index (χ1n) is 3.89. The summed E-state index contributed by atoms with van der Waals surface area (Å²) in [5, 5.41) is 0.449. The molecule has 0 aliphatic rings. The van der Waals surface area contributed by atoms with Crippen LogP contribution in [0.4, 0.5) is 0 Å². The zero-order chi connectivity index (χ0) is 11.5. The molecule has 1 rings (SSSR count). The van der Waals surface area contributed by atoms with Gasteiger partial charge in [0.05, 0.1) is 5.88 Å². The van der Waals surface area contributed by atoms with Crippen LogP contribution < -0.4 is 0 Å². The molecule has 0 unspecified atom stereocenters. The Kier molecular flexibility index (Phi) is 4.02. The summed E-state index contributed by atoms with van der Waals surface area (Å²) in [7, 11) is -3.83. The zero-order valence-corrected chi connectivity index (χ0v) is 9.94. The van der Waals surface area contributed by atoms with Crippen LogP contribution in [0.5, 0.6) is 0 Å². The van der Waals surface area contributed by atoms with Gasteiger partial charge in [0.2, 0.25) is 0 Å². The summed E-state index contributed by atoms with van der Waals surface area (Å²) in [6.07, 6.45) is 0. The van der Waals surface area contributed by atoms with E-state index < -0.39 is 10.1 Å². The van der Waals surface area contributed by atoms with Gasteiger partial charge in [-0.1, -0.05) is 18.2 Å². The Morgan fingerprint density at radius 1 is 1.33 bits per heavy atom. The fraction of sp³-hybridized carbons (Fsp3) is 0.111. The second-order valence-electron chi connectivity index (χ2n) is 2.66. The normalized spacial score (nSPS) is 11.1. The molecule has 82 valence electrons. The molecule has 1 aromatic carbocycles. The van der Waals surface area contributed by atoms with Gasteiger partial charge in [0.15, 0.2) is 0 Å². The van der Waals surface area contributed by atoms with Gasteiger partial charge in [-0.2, -0.15) is 8.42 Å². The molecule has 0 aromatic heterocycles. The Balaban J connectivity index is 2.96. The van der Waals surface area contributed by atoms with E-state index >= 15 is 0 Å². The summed E-state index contributed by atoms with van der Waals surface area (Å²) in [5.41, 5.74) is 0. The molecular formula is C9H8Cl2O3S. The fourth-order valence-corrected chi connectivity index (χ4v) is 2.01. The molecule has 0 saturated carbocycles. The topological polar surface area (TPSA) is 43.4 Å². The summed E-state index contributed by atoms with van der Waals surface area (Å²) >= 11 is 11.0. The van der Waals surface area contributed by atoms with Gasteiger partial charge >= 0.3 is 10.1 Å². The highest BCUT2D eigenvalue weighted by atomic mass is 35.5. The van der Waals surface area contributed by atoms with E-state index in [2.05, 4.69) is 10.8 Å². The number of allylic oxidation sites excluding steroid dienone is 1. The second kappa shape index (κ2) is 4.88. The maximum atomic E-state index is 11.5. The van der Waals surface area contributed by atoms with Gasteiger partial charge in [0.1, 0.15) is 10.7 Å². The highest BCUT2D eigenvalue weighted by molar-refractivity contribution is 7.86. The van der Waals surface area contributed by atoms with Crippen LogP contribution in [0.1, 0.15) is 0 Å². The molecule has 6 heteroatoms.